The van der Waals surface area contributed by atoms with Crippen LogP contribution in [0.2, 0.25) is 0 Å². The van der Waals surface area contributed by atoms with E-state index in [9.17, 15) is 35.5 Å². The topological polar surface area (TPSA) is 50.2 Å². The van der Waals surface area contributed by atoms with E-state index in [0.717, 1.165) is 36.1 Å². The number of hydrogen-bond donors (Lipinski definition) is 1. The number of benzene rings is 1. The Morgan fingerprint density at radius 1 is 1.09 bits per heavy atom. The normalized spacial score (nSPS) is 18.0. The van der Waals surface area contributed by atoms with Gasteiger partial charge in [-0.2, -0.15) is 31.4 Å². The van der Waals surface area contributed by atoms with Crippen molar-refractivity contribution in [2.75, 3.05) is 16.8 Å². The van der Waals surface area contributed by atoms with Gasteiger partial charge in [0.05, 0.1) is 30.0 Å². The van der Waals surface area contributed by atoms with Crippen LogP contribution in [0.15, 0.2) is 18.2 Å². The highest BCUT2D eigenvalue weighted by Crippen LogP contribution is 2.44. The summed E-state index contributed by atoms with van der Waals surface area (Å²) in [6.07, 6.45) is -7.14. The van der Waals surface area contributed by atoms with Gasteiger partial charge in [-0.25, -0.2) is 4.39 Å². The molecule has 2 heterocycles. The second-order valence-corrected chi connectivity index (χ2v) is 8.90. The number of aromatic nitrogens is 2. The van der Waals surface area contributed by atoms with E-state index < -0.39 is 41.0 Å². The summed E-state index contributed by atoms with van der Waals surface area (Å²) in [4.78, 5) is 13.6. The van der Waals surface area contributed by atoms with E-state index in [-0.39, 0.29) is 42.9 Å². The Hall–Kier alpha value is -2.79. The molecule has 0 unspecified atom stereocenters. The van der Waals surface area contributed by atoms with Gasteiger partial charge in [-0.15, -0.1) is 0 Å². The van der Waals surface area contributed by atoms with Crippen LogP contribution in [0.4, 0.5) is 42.1 Å². The predicted octanol–water partition coefficient (Wildman–Crippen LogP) is 5.60. The highest BCUT2D eigenvalue weighted by molar-refractivity contribution is 5.92. The lowest BCUT2D eigenvalue weighted by Gasteiger charge is -2.37. The Morgan fingerprint density at radius 3 is 2.36 bits per heavy atom. The number of anilines is 2. The molecule has 12 heteroatoms. The number of hydrogen-bond acceptors (Lipinski definition) is 3. The third-order valence-corrected chi connectivity index (χ3v) is 6.25. The van der Waals surface area contributed by atoms with E-state index in [0.29, 0.717) is 6.07 Å². The molecule has 1 fully saturated rings. The molecule has 1 amide bonds. The van der Waals surface area contributed by atoms with Crippen LogP contribution < -0.4 is 10.2 Å². The first-order valence-corrected chi connectivity index (χ1v) is 10.3. The summed E-state index contributed by atoms with van der Waals surface area (Å²) in [6, 6.07) is 2.38. The van der Waals surface area contributed by atoms with Gasteiger partial charge in [-0.3, -0.25) is 9.48 Å². The Bertz CT molecular complexity index is 1070. The van der Waals surface area contributed by atoms with Gasteiger partial charge < -0.3 is 10.2 Å². The van der Waals surface area contributed by atoms with Crippen molar-refractivity contribution in [2.45, 2.75) is 58.0 Å². The largest absolute Gasteiger partial charge is 0.435 e. The highest BCUT2D eigenvalue weighted by atomic mass is 19.4. The molecule has 5 nitrogen and oxygen atoms in total. The monoisotopic (exact) mass is 478 g/mol. The minimum absolute atomic E-state index is 0.00848. The molecule has 1 aromatic carbocycles. The maximum Gasteiger partial charge on any atom is 0.435 e. The van der Waals surface area contributed by atoms with Crippen LogP contribution in [0.3, 0.4) is 0 Å². The summed E-state index contributed by atoms with van der Waals surface area (Å²) in [7, 11) is 0. The first-order chi connectivity index (χ1) is 15.2. The van der Waals surface area contributed by atoms with Gasteiger partial charge in [0.2, 0.25) is 5.91 Å². The molecule has 4 rings (SSSR count). The van der Waals surface area contributed by atoms with Gasteiger partial charge in [0, 0.05) is 18.7 Å². The lowest BCUT2D eigenvalue weighted by molar-refractivity contribution is -0.141. The number of amides is 1. The van der Waals surface area contributed by atoms with Crippen LogP contribution in [-0.2, 0) is 30.2 Å². The van der Waals surface area contributed by atoms with Gasteiger partial charge in [0.25, 0.3) is 0 Å². The molecule has 33 heavy (non-hydrogen) atoms. The molecule has 1 aliphatic heterocycles. The molecule has 0 bridgehead atoms. The first-order valence-electron chi connectivity index (χ1n) is 10.3. The van der Waals surface area contributed by atoms with E-state index >= 15 is 0 Å². The van der Waals surface area contributed by atoms with Crippen LogP contribution in [0, 0.1) is 11.2 Å². The zero-order valence-corrected chi connectivity index (χ0v) is 17.6. The molecule has 2 aromatic rings. The zero-order valence-electron chi connectivity index (χ0n) is 17.6. The molecule has 2 aliphatic rings. The van der Waals surface area contributed by atoms with E-state index in [1.807, 2.05) is 6.92 Å². The third kappa shape index (κ3) is 4.79. The fourth-order valence-corrected chi connectivity index (χ4v) is 4.28. The number of fused-ring (bicyclic) bond motifs is 1. The van der Waals surface area contributed by atoms with E-state index in [2.05, 4.69) is 10.4 Å². The van der Waals surface area contributed by atoms with Crippen molar-refractivity contribution in [3.63, 3.8) is 0 Å². The highest BCUT2D eigenvalue weighted by Gasteiger charge is 2.39. The molecule has 1 N–H and O–H groups in total. The average molecular weight is 478 g/mol. The van der Waals surface area contributed by atoms with Crippen molar-refractivity contribution in [2.24, 2.45) is 5.41 Å². The molecule has 1 aromatic heterocycles. The van der Waals surface area contributed by atoms with Crippen molar-refractivity contribution in [3.05, 3.63) is 41.0 Å². The Kier molecular flexibility index (Phi) is 5.60. The van der Waals surface area contributed by atoms with Crippen LogP contribution in [0.1, 0.15) is 49.6 Å². The number of carbonyl (C=O) groups is 1. The Balaban J connectivity index is 1.60. The molecular weight excluding hydrogens is 457 g/mol. The fraction of sp³-hybridized carbons (Fsp3) is 0.524. The molecule has 0 atom stereocenters. The molecule has 1 aliphatic carbocycles. The van der Waals surface area contributed by atoms with Crippen molar-refractivity contribution in [1.29, 1.82) is 0 Å². The summed E-state index contributed by atoms with van der Waals surface area (Å²) in [5.41, 5.74) is -3.69. The van der Waals surface area contributed by atoms with Gasteiger partial charge in [0.1, 0.15) is 5.82 Å². The van der Waals surface area contributed by atoms with Gasteiger partial charge in [-0.1, -0.05) is 13.3 Å². The molecule has 180 valence electrons. The number of nitrogens with one attached hydrogen (secondary N) is 1. The second-order valence-electron chi connectivity index (χ2n) is 8.90. The lowest BCUT2D eigenvalue weighted by atomic mass is 9.68. The second kappa shape index (κ2) is 7.91. The SMILES string of the molecule is CC1(CC(=O)Nc2c(F)cc(N3CCn4nc(C(F)(F)F)cc4C3)cc2C(F)(F)F)CCC1. The fourth-order valence-electron chi connectivity index (χ4n) is 4.28. The lowest BCUT2D eigenvalue weighted by Crippen LogP contribution is -2.34. The quantitative estimate of drug-likeness (QED) is 0.583. The number of nitrogens with zero attached hydrogens (tertiary/aromatic N) is 3. The first kappa shape index (κ1) is 23.4. The third-order valence-electron chi connectivity index (χ3n) is 6.25. The van der Waals surface area contributed by atoms with E-state index in [4.69, 9.17) is 0 Å². The smallest absolute Gasteiger partial charge is 0.364 e. The molecule has 0 spiro atoms. The van der Waals surface area contributed by atoms with Gasteiger partial charge in [0.15, 0.2) is 5.69 Å². The van der Waals surface area contributed by atoms with Crippen molar-refractivity contribution in [1.82, 2.24) is 9.78 Å². The Morgan fingerprint density at radius 2 is 1.79 bits per heavy atom. The number of halogens is 7. The minimum Gasteiger partial charge on any atom is -0.364 e. The van der Waals surface area contributed by atoms with Crippen LogP contribution >= 0.6 is 0 Å². The number of alkyl halides is 6. The van der Waals surface area contributed by atoms with E-state index in [1.165, 1.54) is 4.90 Å². The van der Waals surface area contributed by atoms with E-state index in [1.54, 1.807) is 0 Å². The van der Waals surface area contributed by atoms with Gasteiger partial charge >= 0.3 is 12.4 Å². The van der Waals surface area contributed by atoms with Crippen molar-refractivity contribution >= 4 is 17.3 Å². The van der Waals surface area contributed by atoms with Gasteiger partial charge in [-0.05, 0) is 36.5 Å². The maximum absolute atomic E-state index is 14.8. The Labute approximate surface area is 184 Å². The predicted molar refractivity (Wildman–Crippen MR) is 105 cm³/mol. The van der Waals surface area contributed by atoms with Crippen LogP contribution in [0.25, 0.3) is 0 Å². The molecule has 0 radical (unpaired) electrons. The summed E-state index contributed by atoms with van der Waals surface area (Å²) in [6.45, 7) is 1.70. The summed E-state index contributed by atoms with van der Waals surface area (Å²) < 4.78 is 95.9. The van der Waals surface area contributed by atoms with Crippen molar-refractivity contribution in [3.8, 4) is 0 Å². The number of rotatable bonds is 4. The van der Waals surface area contributed by atoms with Crippen molar-refractivity contribution < 1.29 is 35.5 Å². The summed E-state index contributed by atoms with van der Waals surface area (Å²) in [5, 5.41) is 5.56. The number of carbonyl (C=O) groups excluding carboxylic acids is 1. The summed E-state index contributed by atoms with van der Waals surface area (Å²) >= 11 is 0. The summed E-state index contributed by atoms with van der Waals surface area (Å²) in [5.74, 6) is -1.96. The van der Waals surface area contributed by atoms with Crippen LogP contribution in [-0.4, -0.2) is 22.2 Å². The standard InChI is InChI=1S/C21H21F7N4O/c1-19(3-2-4-19)10-17(33)29-18-14(20(23,24)25)7-12(8-15(18)22)31-5-6-32-13(11-31)9-16(30-32)21(26,27)28/h7-9H,2-6,10-11H2,1H3,(H,29,33). The average Bonchev–Trinajstić information content (AvgIpc) is 3.11. The minimum atomic E-state index is -4.96. The molecule has 1 saturated carbocycles. The molecular formula is C21H21F7N4O. The maximum atomic E-state index is 14.8. The zero-order chi connectivity index (χ0) is 24.2. The molecule has 0 saturated heterocycles. The van der Waals surface area contributed by atoms with Crippen LogP contribution in [0.5, 0.6) is 0 Å².